The molecule has 2 atom stereocenters. The predicted octanol–water partition coefficient (Wildman–Crippen LogP) is 3.16. The van der Waals surface area contributed by atoms with Gasteiger partial charge < -0.3 is 5.32 Å². The van der Waals surface area contributed by atoms with Gasteiger partial charge in [0.15, 0.2) is 0 Å². The second-order valence-electron chi connectivity index (χ2n) is 5.38. The number of hydrogen-bond donors (Lipinski definition) is 1. The highest BCUT2D eigenvalue weighted by atomic mass is 32.2. The minimum atomic E-state index is -0.918. The Hall–Kier alpha value is -0.670. The molecule has 0 aliphatic carbocycles. The predicted molar refractivity (Wildman–Crippen MR) is 79.5 cm³/mol. The van der Waals surface area contributed by atoms with Crippen molar-refractivity contribution in [2.24, 2.45) is 5.92 Å². The van der Waals surface area contributed by atoms with Crippen LogP contribution in [-0.4, -0.2) is 23.1 Å². The van der Waals surface area contributed by atoms with Gasteiger partial charge in [0.05, 0.1) is 10.8 Å². The molecule has 102 valence electrons. The SMILES string of the molecule is CNC(CS(=O)c1ccc(C(C)C)cc1)C(C)C. The van der Waals surface area contributed by atoms with E-state index in [9.17, 15) is 4.21 Å². The van der Waals surface area contributed by atoms with Gasteiger partial charge in [-0.1, -0.05) is 39.8 Å². The Morgan fingerprint density at radius 2 is 1.67 bits per heavy atom. The lowest BCUT2D eigenvalue weighted by Crippen LogP contribution is -2.35. The normalized spacial score (nSPS) is 15.1. The van der Waals surface area contributed by atoms with E-state index in [0.717, 1.165) is 4.90 Å². The summed E-state index contributed by atoms with van der Waals surface area (Å²) < 4.78 is 12.3. The highest BCUT2D eigenvalue weighted by Gasteiger charge is 2.15. The van der Waals surface area contributed by atoms with E-state index in [1.165, 1.54) is 5.56 Å². The summed E-state index contributed by atoms with van der Waals surface area (Å²) in [6.45, 7) is 8.64. The van der Waals surface area contributed by atoms with Gasteiger partial charge in [-0.2, -0.15) is 0 Å². The molecule has 0 amide bonds. The van der Waals surface area contributed by atoms with Gasteiger partial charge in [-0.3, -0.25) is 4.21 Å². The standard InChI is InChI=1S/C15H25NOS/c1-11(2)13-6-8-14(9-7-13)18(17)10-15(16-5)12(3)4/h6-9,11-12,15-16H,10H2,1-5H3. The highest BCUT2D eigenvalue weighted by molar-refractivity contribution is 7.85. The molecular formula is C15H25NOS. The molecule has 0 aliphatic rings. The molecule has 2 unspecified atom stereocenters. The van der Waals surface area contributed by atoms with Gasteiger partial charge >= 0.3 is 0 Å². The number of rotatable bonds is 6. The molecule has 0 saturated carbocycles. The lowest BCUT2D eigenvalue weighted by atomic mass is 10.0. The molecular weight excluding hydrogens is 242 g/mol. The number of hydrogen-bond acceptors (Lipinski definition) is 2. The van der Waals surface area contributed by atoms with Crippen molar-refractivity contribution >= 4 is 10.8 Å². The van der Waals surface area contributed by atoms with Crippen molar-refractivity contribution in [3.05, 3.63) is 29.8 Å². The first-order chi connectivity index (χ1) is 8.45. The quantitative estimate of drug-likeness (QED) is 0.858. The van der Waals surface area contributed by atoms with E-state index in [2.05, 4.69) is 45.1 Å². The first kappa shape index (κ1) is 15.4. The fraction of sp³-hybridized carbons (Fsp3) is 0.600. The summed E-state index contributed by atoms with van der Waals surface area (Å²) in [6, 6.07) is 8.47. The molecule has 2 nitrogen and oxygen atoms in total. The molecule has 1 aromatic carbocycles. The fourth-order valence-electron chi connectivity index (χ4n) is 1.87. The third-order valence-electron chi connectivity index (χ3n) is 3.32. The molecule has 0 fully saturated rings. The maximum atomic E-state index is 12.3. The first-order valence-electron chi connectivity index (χ1n) is 6.61. The molecule has 0 aromatic heterocycles. The van der Waals surface area contributed by atoms with Gasteiger partial charge in [-0.05, 0) is 36.6 Å². The molecule has 0 heterocycles. The van der Waals surface area contributed by atoms with Gasteiger partial charge in [-0.15, -0.1) is 0 Å². The lowest BCUT2D eigenvalue weighted by molar-refractivity contribution is 0.461. The zero-order valence-electron chi connectivity index (χ0n) is 12.1. The van der Waals surface area contributed by atoms with Crippen LogP contribution in [-0.2, 0) is 10.8 Å². The van der Waals surface area contributed by atoms with Crippen LogP contribution in [0.1, 0.15) is 39.2 Å². The van der Waals surface area contributed by atoms with E-state index in [0.29, 0.717) is 23.6 Å². The third-order valence-corrected chi connectivity index (χ3v) is 4.78. The van der Waals surface area contributed by atoms with E-state index < -0.39 is 10.8 Å². The molecule has 0 aliphatic heterocycles. The second-order valence-corrected chi connectivity index (χ2v) is 6.87. The van der Waals surface area contributed by atoms with Crippen molar-refractivity contribution in [1.29, 1.82) is 0 Å². The molecule has 1 aromatic rings. The summed E-state index contributed by atoms with van der Waals surface area (Å²) >= 11 is 0. The zero-order valence-corrected chi connectivity index (χ0v) is 12.9. The van der Waals surface area contributed by atoms with E-state index in [1.54, 1.807) is 0 Å². The Morgan fingerprint density at radius 3 is 2.06 bits per heavy atom. The summed E-state index contributed by atoms with van der Waals surface area (Å²) in [4.78, 5) is 0.931. The molecule has 0 bridgehead atoms. The van der Waals surface area contributed by atoms with E-state index in [1.807, 2.05) is 19.2 Å². The number of benzene rings is 1. The van der Waals surface area contributed by atoms with Gasteiger partial charge in [0, 0.05) is 16.7 Å². The van der Waals surface area contributed by atoms with Crippen LogP contribution in [0.5, 0.6) is 0 Å². The average molecular weight is 267 g/mol. The third kappa shape index (κ3) is 4.21. The van der Waals surface area contributed by atoms with E-state index in [4.69, 9.17) is 0 Å². The fourth-order valence-corrected chi connectivity index (χ4v) is 3.38. The van der Waals surface area contributed by atoms with Crippen LogP contribution in [0.15, 0.2) is 29.2 Å². The summed E-state index contributed by atoms with van der Waals surface area (Å²) in [5.41, 5.74) is 1.30. The maximum absolute atomic E-state index is 12.3. The van der Waals surface area contributed by atoms with Crippen LogP contribution in [0.25, 0.3) is 0 Å². The molecule has 0 saturated heterocycles. The maximum Gasteiger partial charge on any atom is 0.0545 e. The van der Waals surface area contributed by atoms with Crippen molar-refractivity contribution in [3.8, 4) is 0 Å². The summed E-state index contributed by atoms with van der Waals surface area (Å²) in [7, 11) is 1.02. The largest absolute Gasteiger partial charge is 0.316 e. The molecule has 0 radical (unpaired) electrons. The number of nitrogens with one attached hydrogen (secondary N) is 1. The average Bonchev–Trinajstić information content (AvgIpc) is 2.35. The van der Waals surface area contributed by atoms with Crippen molar-refractivity contribution < 1.29 is 4.21 Å². The second kappa shape index (κ2) is 7.05. The monoisotopic (exact) mass is 267 g/mol. The van der Waals surface area contributed by atoms with Crippen LogP contribution in [0.3, 0.4) is 0 Å². The Morgan fingerprint density at radius 1 is 1.11 bits per heavy atom. The van der Waals surface area contributed by atoms with Crippen LogP contribution in [0, 0.1) is 5.92 Å². The Bertz CT molecular complexity index is 384. The van der Waals surface area contributed by atoms with E-state index >= 15 is 0 Å². The minimum absolute atomic E-state index is 0.301. The minimum Gasteiger partial charge on any atom is -0.316 e. The lowest BCUT2D eigenvalue weighted by Gasteiger charge is -2.19. The van der Waals surface area contributed by atoms with Crippen LogP contribution in [0.2, 0.25) is 0 Å². The highest BCUT2D eigenvalue weighted by Crippen LogP contribution is 2.17. The van der Waals surface area contributed by atoms with Crippen molar-refractivity contribution in [1.82, 2.24) is 5.32 Å². The molecule has 0 spiro atoms. The van der Waals surface area contributed by atoms with Crippen molar-refractivity contribution in [3.63, 3.8) is 0 Å². The van der Waals surface area contributed by atoms with E-state index in [-0.39, 0.29) is 0 Å². The Kier molecular flexibility index (Phi) is 6.03. The van der Waals surface area contributed by atoms with Crippen molar-refractivity contribution in [2.75, 3.05) is 12.8 Å². The molecule has 1 rings (SSSR count). The van der Waals surface area contributed by atoms with Crippen LogP contribution < -0.4 is 5.32 Å². The Balaban J connectivity index is 2.72. The molecule has 18 heavy (non-hydrogen) atoms. The Labute approximate surface area is 114 Å². The summed E-state index contributed by atoms with van der Waals surface area (Å²) in [5, 5.41) is 3.24. The van der Waals surface area contributed by atoms with Crippen LogP contribution >= 0.6 is 0 Å². The van der Waals surface area contributed by atoms with Crippen LogP contribution in [0.4, 0.5) is 0 Å². The van der Waals surface area contributed by atoms with Crippen molar-refractivity contribution in [2.45, 2.75) is 44.6 Å². The van der Waals surface area contributed by atoms with Gasteiger partial charge in [-0.25, -0.2) is 0 Å². The first-order valence-corrected chi connectivity index (χ1v) is 7.93. The smallest absolute Gasteiger partial charge is 0.0545 e. The molecule has 1 N–H and O–H groups in total. The van der Waals surface area contributed by atoms with Gasteiger partial charge in [0.2, 0.25) is 0 Å². The summed E-state index contributed by atoms with van der Waals surface area (Å²) in [5.74, 6) is 1.69. The zero-order chi connectivity index (χ0) is 13.7. The molecule has 3 heteroatoms. The van der Waals surface area contributed by atoms with Gasteiger partial charge in [0.25, 0.3) is 0 Å². The topological polar surface area (TPSA) is 29.1 Å². The summed E-state index contributed by atoms with van der Waals surface area (Å²) in [6.07, 6.45) is 0. The van der Waals surface area contributed by atoms with Gasteiger partial charge in [0.1, 0.15) is 0 Å².